The summed E-state index contributed by atoms with van der Waals surface area (Å²) in [6.45, 7) is 3.84. The summed E-state index contributed by atoms with van der Waals surface area (Å²) in [7, 11) is 0. The second kappa shape index (κ2) is 8.61. The molecule has 1 aromatic heterocycles. The number of furan rings is 1. The number of carbonyl (C=O) groups excluding carboxylic acids is 2. The van der Waals surface area contributed by atoms with Crippen LogP contribution in [0.25, 0.3) is 6.08 Å². The lowest BCUT2D eigenvalue weighted by Gasteiger charge is -2.11. The van der Waals surface area contributed by atoms with E-state index >= 15 is 0 Å². The molecule has 0 aliphatic heterocycles. The van der Waals surface area contributed by atoms with E-state index in [-0.39, 0.29) is 11.5 Å². The average Bonchev–Trinajstić information content (AvgIpc) is 3.09. The number of Topliss-reactive ketones (excluding diaryl/α,β-unsaturated/α-hetero) is 1. The molecule has 0 aliphatic carbocycles. The minimum Gasteiger partial charge on any atom is -0.494 e. The van der Waals surface area contributed by atoms with Crippen molar-refractivity contribution in [2.24, 2.45) is 0 Å². The Kier molecular flexibility index (Phi) is 6.26. The molecule has 0 fully saturated rings. The summed E-state index contributed by atoms with van der Waals surface area (Å²) >= 11 is 0. The van der Waals surface area contributed by atoms with Crippen LogP contribution in [0.5, 0.6) is 5.75 Å². The van der Waals surface area contributed by atoms with E-state index in [1.165, 1.54) is 25.1 Å². The molecule has 2 aromatic rings. The van der Waals surface area contributed by atoms with Crippen LogP contribution in [0.3, 0.4) is 0 Å². The highest BCUT2D eigenvalue weighted by Crippen LogP contribution is 2.17. The van der Waals surface area contributed by atoms with Gasteiger partial charge in [0, 0.05) is 11.6 Å². The Morgan fingerprint density at radius 1 is 1.23 bits per heavy atom. The van der Waals surface area contributed by atoms with Crippen molar-refractivity contribution in [3.63, 3.8) is 0 Å². The van der Waals surface area contributed by atoms with E-state index in [0.717, 1.165) is 6.08 Å². The molecule has 136 valence electrons. The Labute approximate surface area is 149 Å². The zero-order valence-corrected chi connectivity index (χ0v) is 14.2. The number of hydrogen-bond acceptors (Lipinski definition) is 7. The third kappa shape index (κ3) is 5.04. The minimum atomic E-state index is -0.990. The number of rotatable bonds is 8. The molecule has 8 heteroatoms. The number of ketones is 1. The van der Waals surface area contributed by atoms with Crippen molar-refractivity contribution in [3.8, 4) is 5.75 Å². The monoisotopic (exact) mass is 359 g/mol. The van der Waals surface area contributed by atoms with Gasteiger partial charge in [0.05, 0.1) is 12.7 Å². The number of nitro groups is 1. The quantitative estimate of drug-likeness (QED) is 0.233. The van der Waals surface area contributed by atoms with Crippen LogP contribution in [-0.4, -0.2) is 29.4 Å². The van der Waals surface area contributed by atoms with Gasteiger partial charge in [-0.1, -0.05) is 0 Å². The van der Waals surface area contributed by atoms with Crippen molar-refractivity contribution in [2.45, 2.75) is 20.0 Å². The fraction of sp³-hybridized carbons (Fsp3) is 0.222. The van der Waals surface area contributed by atoms with Crippen LogP contribution in [0.1, 0.15) is 30.0 Å². The van der Waals surface area contributed by atoms with Crippen LogP contribution in [-0.2, 0) is 9.53 Å². The first-order chi connectivity index (χ1) is 12.4. The Balaban J connectivity index is 1.93. The highest BCUT2D eigenvalue weighted by atomic mass is 16.6. The van der Waals surface area contributed by atoms with Gasteiger partial charge in [0.1, 0.15) is 16.4 Å². The molecule has 0 amide bonds. The molecule has 1 aromatic carbocycles. The maximum atomic E-state index is 12.3. The number of hydrogen-bond donors (Lipinski definition) is 0. The van der Waals surface area contributed by atoms with Gasteiger partial charge in [-0.3, -0.25) is 14.9 Å². The van der Waals surface area contributed by atoms with Gasteiger partial charge in [-0.2, -0.15) is 0 Å². The van der Waals surface area contributed by atoms with Crippen LogP contribution in [0, 0.1) is 10.1 Å². The molecule has 0 saturated heterocycles. The first-order valence-corrected chi connectivity index (χ1v) is 7.80. The van der Waals surface area contributed by atoms with Gasteiger partial charge in [0.2, 0.25) is 5.78 Å². The Hall–Kier alpha value is -3.42. The fourth-order valence-electron chi connectivity index (χ4n) is 2.06. The zero-order chi connectivity index (χ0) is 19.1. The predicted octanol–water partition coefficient (Wildman–Crippen LogP) is 3.41. The summed E-state index contributed by atoms with van der Waals surface area (Å²) in [6, 6.07) is 9.02. The molecule has 0 saturated carbocycles. The number of nitrogens with zero attached hydrogens (tertiary/aromatic N) is 1. The molecule has 0 bridgehead atoms. The molecule has 0 aliphatic rings. The van der Waals surface area contributed by atoms with Crippen molar-refractivity contribution in [3.05, 3.63) is 63.9 Å². The summed E-state index contributed by atoms with van der Waals surface area (Å²) < 4.78 is 15.2. The zero-order valence-electron chi connectivity index (χ0n) is 14.2. The lowest BCUT2D eigenvalue weighted by Crippen LogP contribution is -2.23. The Morgan fingerprint density at radius 3 is 2.50 bits per heavy atom. The van der Waals surface area contributed by atoms with Crippen molar-refractivity contribution in [1.29, 1.82) is 0 Å². The molecular weight excluding hydrogens is 342 g/mol. The second-order valence-electron chi connectivity index (χ2n) is 5.17. The van der Waals surface area contributed by atoms with E-state index in [1.807, 2.05) is 6.92 Å². The van der Waals surface area contributed by atoms with Gasteiger partial charge in [-0.25, -0.2) is 4.79 Å². The number of esters is 1. The van der Waals surface area contributed by atoms with Gasteiger partial charge in [0.15, 0.2) is 6.10 Å². The predicted molar refractivity (Wildman–Crippen MR) is 91.9 cm³/mol. The number of ether oxygens (including phenoxy) is 2. The van der Waals surface area contributed by atoms with Crippen LogP contribution < -0.4 is 4.74 Å². The van der Waals surface area contributed by atoms with Crippen molar-refractivity contribution in [1.82, 2.24) is 0 Å². The summed E-state index contributed by atoms with van der Waals surface area (Å²) in [5.41, 5.74) is 0.388. The maximum absolute atomic E-state index is 12.3. The molecule has 0 unspecified atom stereocenters. The van der Waals surface area contributed by atoms with Gasteiger partial charge in [-0.05, 0) is 50.3 Å². The molecule has 1 heterocycles. The smallest absolute Gasteiger partial charge is 0.433 e. The first kappa shape index (κ1) is 18.9. The summed E-state index contributed by atoms with van der Waals surface area (Å²) in [5.74, 6) is -0.792. The Bertz CT molecular complexity index is 820. The second-order valence-corrected chi connectivity index (χ2v) is 5.17. The van der Waals surface area contributed by atoms with E-state index in [4.69, 9.17) is 13.9 Å². The fourth-order valence-corrected chi connectivity index (χ4v) is 2.06. The Morgan fingerprint density at radius 2 is 1.92 bits per heavy atom. The molecule has 26 heavy (non-hydrogen) atoms. The van der Waals surface area contributed by atoms with Crippen molar-refractivity contribution < 1.29 is 28.4 Å². The summed E-state index contributed by atoms with van der Waals surface area (Å²) in [5, 5.41) is 10.5. The third-order valence-corrected chi connectivity index (χ3v) is 3.29. The van der Waals surface area contributed by atoms with E-state index in [9.17, 15) is 19.7 Å². The maximum Gasteiger partial charge on any atom is 0.433 e. The summed E-state index contributed by atoms with van der Waals surface area (Å²) in [6.07, 6.45) is 1.27. The van der Waals surface area contributed by atoms with Crippen LogP contribution in [0.15, 0.2) is 46.9 Å². The molecule has 1 atom stereocenters. The highest BCUT2D eigenvalue weighted by molar-refractivity contribution is 6.01. The van der Waals surface area contributed by atoms with Crippen LogP contribution in [0.4, 0.5) is 5.88 Å². The van der Waals surface area contributed by atoms with Gasteiger partial charge >= 0.3 is 11.9 Å². The van der Waals surface area contributed by atoms with Gasteiger partial charge in [-0.15, -0.1) is 0 Å². The molecular formula is C18H17NO7. The van der Waals surface area contributed by atoms with E-state index < -0.39 is 22.9 Å². The van der Waals surface area contributed by atoms with Crippen LogP contribution in [0.2, 0.25) is 0 Å². The molecule has 0 N–H and O–H groups in total. The molecule has 0 radical (unpaired) electrons. The highest BCUT2D eigenvalue weighted by Gasteiger charge is 2.18. The number of benzene rings is 1. The lowest BCUT2D eigenvalue weighted by molar-refractivity contribution is -0.402. The molecule has 2 rings (SSSR count). The molecule has 0 spiro atoms. The van der Waals surface area contributed by atoms with Crippen molar-refractivity contribution >= 4 is 23.7 Å². The van der Waals surface area contributed by atoms with Crippen LogP contribution >= 0.6 is 0 Å². The lowest BCUT2D eigenvalue weighted by atomic mass is 10.1. The molecule has 8 nitrogen and oxygen atoms in total. The average molecular weight is 359 g/mol. The summed E-state index contributed by atoms with van der Waals surface area (Å²) in [4.78, 5) is 33.9. The van der Waals surface area contributed by atoms with Crippen molar-refractivity contribution in [2.75, 3.05) is 6.61 Å². The van der Waals surface area contributed by atoms with Gasteiger partial charge in [0.25, 0.3) is 0 Å². The van der Waals surface area contributed by atoms with E-state index in [1.54, 1.807) is 24.3 Å². The minimum absolute atomic E-state index is 0.124. The topological polar surface area (TPSA) is 109 Å². The SMILES string of the molecule is CCOc1ccc(C(=O)[C@H](C)OC(=O)/C=C/c2ccc([N+](=O)[O-])o2)cc1. The normalized spacial score (nSPS) is 11.9. The first-order valence-electron chi connectivity index (χ1n) is 7.80. The standard InChI is InChI=1S/C18H17NO7/c1-3-24-14-6-4-13(5-7-14)18(21)12(2)25-17(20)11-9-15-8-10-16(26-15)19(22)23/h4-12H,3H2,1-2H3/b11-9+/t12-/m0/s1. The van der Waals surface area contributed by atoms with E-state index in [0.29, 0.717) is 17.9 Å². The van der Waals surface area contributed by atoms with Gasteiger partial charge < -0.3 is 13.9 Å². The third-order valence-electron chi connectivity index (χ3n) is 3.29. The van der Waals surface area contributed by atoms with E-state index in [2.05, 4.69) is 0 Å². The number of carbonyl (C=O) groups is 2. The largest absolute Gasteiger partial charge is 0.494 e.